The van der Waals surface area contributed by atoms with Gasteiger partial charge in [-0.1, -0.05) is 0 Å². The molecule has 1 fully saturated rings. The molecule has 0 saturated carbocycles. The second-order valence-electron chi connectivity index (χ2n) is 4.17. The van der Waals surface area contributed by atoms with Gasteiger partial charge in [0.15, 0.2) is 0 Å². The Labute approximate surface area is 92.8 Å². The minimum absolute atomic E-state index is 0.00910. The molecule has 1 heterocycles. The normalized spacial score (nSPS) is 26.5. The fourth-order valence-electron chi connectivity index (χ4n) is 2.00. The van der Waals surface area contributed by atoms with Gasteiger partial charge in [-0.25, -0.2) is 0 Å². The van der Waals surface area contributed by atoms with Crippen LogP contribution in [0.5, 0.6) is 0 Å². The maximum Gasteiger partial charge on any atom is 0.389 e. The molecule has 94 valence electrons. The van der Waals surface area contributed by atoms with Crippen LogP contribution in [0.15, 0.2) is 0 Å². The van der Waals surface area contributed by atoms with Gasteiger partial charge in [0, 0.05) is 13.5 Å². The van der Waals surface area contributed by atoms with Crippen molar-refractivity contribution in [3.8, 4) is 0 Å². The standard InChI is InChI=1S/C10H17F3N2O/c1-14-9(16)8-6-7(3-5-15-8)2-4-10(11,12)13/h7-8,15H,2-6H2,1H3,(H,14,16). The molecule has 1 saturated heterocycles. The number of carbonyl (C=O) groups is 1. The van der Waals surface area contributed by atoms with Crippen LogP contribution in [0.2, 0.25) is 0 Å². The summed E-state index contributed by atoms with van der Waals surface area (Å²) in [5.41, 5.74) is 0. The molecule has 0 aliphatic carbocycles. The second kappa shape index (κ2) is 5.52. The lowest BCUT2D eigenvalue weighted by Crippen LogP contribution is -2.47. The maximum absolute atomic E-state index is 12.0. The molecule has 3 nitrogen and oxygen atoms in total. The predicted octanol–water partition coefficient (Wildman–Crippen LogP) is 1.44. The monoisotopic (exact) mass is 238 g/mol. The SMILES string of the molecule is CNC(=O)C1CC(CCC(F)(F)F)CCN1. The second-order valence-corrected chi connectivity index (χ2v) is 4.17. The van der Waals surface area contributed by atoms with Crippen molar-refractivity contribution in [3.05, 3.63) is 0 Å². The highest BCUT2D eigenvalue weighted by molar-refractivity contribution is 5.81. The fraction of sp³-hybridized carbons (Fsp3) is 0.900. The van der Waals surface area contributed by atoms with Crippen molar-refractivity contribution in [3.63, 3.8) is 0 Å². The van der Waals surface area contributed by atoms with Gasteiger partial charge in [0.1, 0.15) is 0 Å². The van der Waals surface area contributed by atoms with Gasteiger partial charge < -0.3 is 10.6 Å². The Morgan fingerprint density at radius 1 is 1.50 bits per heavy atom. The number of amides is 1. The van der Waals surface area contributed by atoms with Crippen LogP contribution in [0, 0.1) is 5.92 Å². The van der Waals surface area contributed by atoms with E-state index in [0.29, 0.717) is 19.4 Å². The van der Waals surface area contributed by atoms with Crippen LogP contribution in [-0.2, 0) is 4.79 Å². The molecule has 0 aromatic carbocycles. The summed E-state index contributed by atoms with van der Waals surface area (Å²) in [6, 6.07) is -0.336. The van der Waals surface area contributed by atoms with Crippen LogP contribution in [0.25, 0.3) is 0 Å². The largest absolute Gasteiger partial charge is 0.389 e. The number of halogens is 3. The number of nitrogens with one attached hydrogen (secondary N) is 2. The number of alkyl halides is 3. The summed E-state index contributed by atoms with van der Waals surface area (Å²) in [6.45, 7) is 0.612. The molecule has 0 aromatic rings. The summed E-state index contributed by atoms with van der Waals surface area (Å²) in [5.74, 6) is -0.151. The van der Waals surface area contributed by atoms with Gasteiger partial charge in [0.05, 0.1) is 6.04 Å². The Bertz CT molecular complexity index is 243. The first-order valence-electron chi connectivity index (χ1n) is 5.44. The fourth-order valence-corrected chi connectivity index (χ4v) is 2.00. The first-order valence-corrected chi connectivity index (χ1v) is 5.44. The average molecular weight is 238 g/mol. The predicted molar refractivity (Wildman–Crippen MR) is 53.9 cm³/mol. The molecule has 0 bridgehead atoms. The lowest BCUT2D eigenvalue weighted by molar-refractivity contribution is -0.138. The first kappa shape index (κ1) is 13.3. The van der Waals surface area contributed by atoms with Crippen molar-refractivity contribution in [2.24, 2.45) is 5.92 Å². The molecule has 1 rings (SSSR count). The third-order valence-corrected chi connectivity index (χ3v) is 2.91. The van der Waals surface area contributed by atoms with Crippen LogP contribution in [0.4, 0.5) is 13.2 Å². The molecule has 2 N–H and O–H groups in total. The van der Waals surface area contributed by atoms with E-state index >= 15 is 0 Å². The summed E-state index contributed by atoms with van der Waals surface area (Å²) >= 11 is 0. The first-order chi connectivity index (χ1) is 7.42. The Morgan fingerprint density at radius 2 is 2.19 bits per heavy atom. The molecule has 2 atom stereocenters. The van der Waals surface area contributed by atoms with Gasteiger partial charge in [-0.15, -0.1) is 0 Å². The van der Waals surface area contributed by atoms with E-state index in [9.17, 15) is 18.0 Å². The quantitative estimate of drug-likeness (QED) is 0.781. The molecule has 1 aliphatic heterocycles. The van der Waals surface area contributed by atoms with Crippen LogP contribution in [0.3, 0.4) is 0 Å². The molecule has 0 aromatic heterocycles. The lowest BCUT2D eigenvalue weighted by Gasteiger charge is -2.29. The summed E-state index contributed by atoms with van der Waals surface area (Å²) in [4.78, 5) is 11.3. The molecule has 0 radical (unpaired) electrons. The highest BCUT2D eigenvalue weighted by atomic mass is 19.4. The molecular formula is C10H17F3N2O. The summed E-state index contributed by atoms with van der Waals surface area (Å²) in [7, 11) is 1.53. The number of hydrogen-bond donors (Lipinski definition) is 2. The Morgan fingerprint density at radius 3 is 2.75 bits per heavy atom. The molecule has 0 spiro atoms. The third-order valence-electron chi connectivity index (χ3n) is 2.91. The Balaban J connectivity index is 2.36. The van der Waals surface area contributed by atoms with E-state index in [1.54, 1.807) is 0 Å². The van der Waals surface area contributed by atoms with E-state index < -0.39 is 12.6 Å². The van der Waals surface area contributed by atoms with Crippen LogP contribution >= 0.6 is 0 Å². The number of rotatable bonds is 3. The highest BCUT2D eigenvalue weighted by Gasteiger charge is 2.31. The van der Waals surface area contributed by atoms with Crippen LogP contribution < -0.4 is 10.6 Å². The number of hydrogen-bond acceptors (Lipinski definition) is 2. The third kappa shape index (κ3) is 4.38. The van der Waals surface area contributed by atoms with E-state index in [1.807, 2.05) is 0 Å². The van der Waals surface area contributed by atoms with E-state index in [4.69, 9.17) is 0 Å². The molecule has 2 unspecified atom stereocenters. The van der Waals surface area contributed by atoms with Crippen LogP contribution in [-0.4, -0.2) is 31.7 Å². The zero-order chi connectivity index (χ0) is 12.2. The van der Waals surface area contributed by atoms with Gasteiger partial charge in [0.25, 0.3) is 0 Å². The van der Waals surface area contributed by atoms with Crippen molar-refractivity contribution in [1.82, 2.24) is 10.6 Å². The van der Waals surface area contributed by atoms with E-state index in [2.05, 4.69) is 10.6 Å². The minimum Gasteiger partial charge on any atom is -0.358 e. The zero-order valence-corrected chi connectivity index (χ0v) is 9.23. The Kier molecular flexibility index (Phi) is 4.58. The molecule has 16 heavy (non-hydrogen) atoms. The van der Waals surface area contributed by atoms with Crippen molar-refractivity contribution >= 4 is 5.91 Å². The molecule has 6 heteroatoms. The number of piperidine rings is 1. The van der Waals surface area contributed by atoms with Crippen molar-refractivity contribution in [1.29, 1.82) is 0 Å². The maximum atomic E-state index is 12.0. The summed E-state index contributed by atoms with van der Waals surface area (Å²) in [6.07, 6.45) is -3.51. The minimum atomic E-state index is -4.09. The van der Waals surface area contributed by atoms with Crippen LogP contribution in [0.1, 0.15) is 25.7 Å². The van der Waals surface area contributed by atoms with Crippen molar-refractivity contribution < 1.29 is 18.0 Å². The van der Waals surface area contributed by atoms with Gasteiger partial charge in [-0.05, 0) is 31.7 Å². The molecule has 1 aliphatic rings. The average Bonchev–Trinajstić information content (AvgIpc) is 2.25. The number of carbonyl (C=O) groups excluding carboxylic acids is 1. The van der Waals surface area contributed by atoms with Gasteiger partial charge >= 0.3 is 6.18 Å². The number of likely N-dealkylation sites (N-methyl/N-ethyl adjacent to an activating group) is 1. The van der Waals surface area contributed by atoms with E-state index in [0.717, 1.165) is 0 Å². The van der Waals surface area contributed by atoms with Gasteiger partial charge in [-0.2, -0.15) is 13.2 Å². The van der Waals surface area contributed by atoms with E-state index in [1.165, 1.54) is 7.05 Å². The van der Waals surface area contributed by atoms with E-state index in [-0.39, 0.29) is 24.3 Å². The zero-order valence-electron chi connectivity index (χ0n) is 9.23. The topological polar surface area (TPSA) is 41.1 Å². The van der Waals surface area contributed by atoms with Gasteiger partial charge in [0.2, 0.25) is 5.91 Å². The smallest absolute Gasteiger partial charge is 0.358 e. The van der Waals surface area contributed by atoms with Crippen molar-refractivity contribution in [2.45, 2.75) is 37.9 Å². The highest BCUT2D eigenvalue weighted by Crippen LogP contribution is 2.28. The van der Waals surface area contributed by atoms with Gasteiger partial charge in [-0.3, -0.25) is 4.79 Å². The summed E-state index contributed by atoms with van der Waals surface area (Å²) in [5, 5.41) is 5.51. The molecular weight excluding hydrogens is 221 g/mol. The van der Waals surface area contributed by atoms with Crippen molar-refractivity contribution in [2.75, 3.05) is 13.6 Å². The lowest BCUT2D eigenvalue weighted by atomic mass is 9.88. The summed E-state index contributed by atoms with van der Waals surface area (Å²) < 4.78 is 36.1. The molecule has 1 amide bonds. The Hall–Kier alpha value is -0.780.